The molecule has 0 aliphatic rings. The number of benzene rings is 2. The van der Waals surface area contributed by atoms with E-state index in [0.717, 1.165) is 23.3 Å². The monoisotopic (exact) mass is 551 g/mol. The summed E-state index contributed by atoms with van der Waals surface area (Å²) in [6, 6.07) is 17.5. The zero-order chi connectivity index (χ0) is 30.4. The molecule has 1 nitrogen and oxygen atoms in total. The molecule has 1 heterocycles. The van der Waals surface area contributed by atoms with Crippen molar-refractivity contribution in [1.29, 1.82) is 0 Å². The molecule has 0 saturated carbocycles. The molecule has 0 bridgehead atoms. The van der Waals surface area contributed by atoms with E-state index >= 15 is 0 Å². The largest absolute Gasteiger partial charge is 0.244 e. The van der Waals surface area contributed by atoms with Gasteiger partial charge in [0, 0.05) is 23.1 Å². The van der Waals surface area contributed by atoms with E-state index in [0.29, 0.717) is 5.92 Å². The van der Waals surface area contributed by atoms with Gasteiger partial charge in [-0.1, -0.05) is 149 Å². The summed E-state index contributed by atoms with van der Waals surface area (Å²) in [6.07, 6.45) is 6.78. The average molecular weight is 552 g/mol. The van der Waals surface area contributed by atoms with Crippen molar-refractivity contribution >= 4 is 11.3 Å². The fraction of sp³-hybridized carbons (Fsp3) is 0.541. The van der Waals surface area contributed by atoms with E-state index < -0.39 is 0 Å². The summed E-state index contributed by atoms with van der Waals surface area (Å²) in [5.41, 5.74) is 6.56. The van der Waals surface area contributed by atoms with Crippen LogP contribution in [0.25, 0.3) is 10.6 Å². The number of hydrogen-bond donors (Lipinski definition) is 0. The van der Waals surface area contributed by atoms with Crippen molar-refractivity contribution < 1.29 is 0 Å². The predicted octanol–water partition coefficient (Wildman–Crippen LogP) is 12.9. The maximum absolute atomic E-state index is 4.58. The maximum Gasteiger partial charge on any atom is 0.123 e. The van der Waals surface area contributed by atoms with Crippen LogP contribution in [0.15, 0.2) is 66.9 Å². The number of aromatic nitrogens is 1. The second kappa shape index (κ2) is 23.7. The number of nitrogens with zero attached hydrogens (tertiary/aromatic N) is 1. The normalized spacial score (nSPS) is 9.85. The van der Waals surface area contributed by atoms with Gasteiger partial charge in [-0.05, 0) is 49.1 Å². The van der Waals surface area contributed by atoms with Crippen LogP contribution in [-0.2, 0) is 6.42 Å². The highest BCUT2D eigenvalue weighted by Gasteiger charge is 2.06. The first kappa shape index (κ1) is 39.0. The summed E-state index contributed by atoms with van der Waals surface area (Å²) in [5.74, 6) is 2.30. The summed E-state index contributed by atoms with van der Waals surface area (Å²) < 4.78 is 0. The van der Waals surface area contributed by atoms with E-state index in [1.165, 1.54) is 52.0 Å². The van der Waals surface area contributed by atoms with Gasteiger partial charge < -0.3 is 0 Å². The third-order valence-corrected chi connectivity index (χ3v) is 6.72. The van der Waals surface area contributed by atoms with Gasteiger partial charge in [-0.2, -0.15) is 0 Å². The lowest BCUT2D eigenvalue weighted by molar-refractivity contribution is 0.489. The first-order chi connectivity index (χ1) is 18.5. The van der Waals surface area contributed by atoms with Gasteiger partial charge in [-0.3, -0.25) is 0 Å². The molecule has 220 valence electrons. The molecule has 0 N–H and O–H groups in total. The summed E-state index contributed by atoms with van der Waals surface area (Å²) in [7, 11) is 0. The van der Waals surface area contributed by atoms with Crippen molar-refractivity contribution in [2.24, 2.45) is 11.8 Å². The SMILES string of the molecule is C=C(C)CC(CC)CC.CC.CC.CC(C)C.Cc1ccc(-c2ncc(Cc3ccc(C(C)C)cc3)s2)cc1. The van der Waals surface area contributed by atoms with Crippen LogP contribution in [0.1, 0.15) is 130 Å². The maximum atomic E-state index is 4.58. The Morgan fingerprint density at radius 2 is 1.31 bits per heavy atom. The second-order valence-corrected chi connectivity index (χ2v) is 11.8. The van der Waals surface area contributed by atoms with Crippen LogP contribution in [-0.4, -0.2) is 4.98 Å². The van der Waals surface area contributed by atoms with Gasteiger partial charge in [0.1, 0.15) is 5.01 Å². The molecule has 1 aromatic heterocycles. The topological polar surface area (TPSA) is 12.9 Å². The Balaban J connectivity index is 0. The van der Waals surface area contributed by atoms with E-state index in [2.05, 4.69) is 122 Å². The Labute approximate surface area is 248 Å². The predicted molar refractivity (Wildman–Crippen MR) is 182 cm³/mol. The quantitative estimate of drug-likeness (QED) is 0.254. The summed E-state index contributed by atoms with van der Waals surface area (Å²) in [6.45, 7) is 31.6. The highest BCUT2D eigenvalue weighted by Crippen LogP contribution is 2.27. The molecular formula is C37H61NS. The molecule has 2 heteroatoms. The highest BCUT2D eigenvalue weighted by molar-refractivity contribution is 7.15. The number of thiazole rings is 1. The molecular weight excluding hydrogens is 490 g/mol. The van der Waals surface area contributed by atoms with E-state index in [4.69, 9.17) is 0 Å². The zero-order valence-corrected chi connectivity index (χ0v) is 28.6. The minimum atomic E-state index is 0.589. The van der Waals surface area contributed by atoms with E-state index in [-0.39, 0.29) is 0 Å². The zero-order valence-electron chi connectivity index (χ0n) is 27.8. The Kier molecular flexibility index (Phi) is 23.6. The van der Waals surface area contributed by atoms with E-state index in [1.807, 2.05) is 33.9 Å². The molecule has 0 amide bonds. The molecule has 0 atom stereocenters. The minimum Gasteiger partial charge on any atom is -0.244 e. The molecule has 3 aromatic rings. The van der Waals surface area contributed by atoms with E-state index in [1.54, 1.807) is 11.3 Å². The lowest BCUT2D eigenvalue weighted by atomic mass is 9.96. The molecule has 0 aliphatic heterocycles. The Morgan fingerprint density at radius 3 is 1.69 bits per heavy atom. The molecule has 0 radical (unpaired) electrons. The second-order valence-electron chi connectivity index (χ2n) is 10.6. The average Bonchev–Trinajstić information content (AvgIpc) is 3.38. The first-order valence-electron chi connectivity index (χ1n) is 15.3. The van der Waals surface area contributed by atoms with Gasteiger partial charge in [0.05, 0.1) is 0 Å². The summed E-state index contributed by atoms with van der Waals surface area (Å²) in [5, 5.41) is 1.11. The summed E-state index contributed by atoms with van der Waals surface area (Å²) >= 11 is 1.79. The van der Waals surface area contributed by atoms with Crippen molar-refractivity contribution in [3.63, 3.8) is 0 Å². The number of rotatable bonds is 8. The molecule has 0 aliphatic carbocycles. The van der Waals surface area contributed by atoms with Gasteiger partial charge in [0.25, 0.3) is 0 Å². The van der Waals surface area contributed by atoms with Crippen molar-refractivity contribution in [2.75, 3.05) is 0 Å². The first-order valence-corrected chi connectivity index (χ1v) is 16.1. The van der Waals surface area contributed by atoms with E-state index in [9.17, 15) is 0 Å². The Bertz CT molecular complexity index is 955. The van der Waals surface area contributed by atoms with Gasteiger partial charge in [0.2, 0.25) is 0 Å². The smallest absolute Gasteiger partial charge is 0.123 e. The molecule has 3 rings (SSSR count). The lowest BCUT2D eigenvalue weighted by Gasteiger charge is -2.10. The standard InChI is InChI=1S/C20H21NS.C9H18.C4H10.2C2H6/c1-14(2)17-10-6-16(7-11-17)12-19-13-21-20(22-19)18-8-4-15(3)5-9-18;1-5-9(6-2)7-8(3)4;1-4(2)3;2*1-2/h4-11,13-14H,12H2,1-3H3;9H,3,5-7H2,1-2,4H3;4H,1-3H3;2*1-2H3. The molecule has 0 saturated heterocycles. The fourth-order valence-electron chi connectivity index (χ4n) is 3.51. The lowest BCUT2D eigenvalue weighted by Crippen LogP contribution is -1.95. The molecule has 0 spiro atoms. The fourth-order valence-corrected chi connectivity index (χ4v) is 4.46. The molecule has 0 fully saturated rings. The van der Waals surface area contributed by atoms with Crippen LogP contribution in [0, 0.1) is 18.8 Å². The minimum absolute atomic E-state index is 0.589. The van der Waals surface area contributed by atoms with Gasteiger partial charge in [0.15, 0.2) is 0 Å². The Morgan fingerprint density at radius 1 is 0.821 bits per heavy atom. The Hall–Kier alpha value is -2.19. The third-order valence-electron chi connectivity index (χ3n) is 5.67. The van der Waals surface area contributed by atoms with Crippen LogP contribution in [0.2, 0.25) is 0 Å². The van der Waals surface area contributed by atoms with Gasteiger partial charge >= 0.3 is 0 Å². The van der Waals surface area contributed by atoms with Crippen molar-refractivity contribution in [3.8, 4) is 10.6 Å². The molecule has 39 heavy (non-hydrogen) atoms. The van der Waals surface area contributed by atoms with Crippen LogP contribution in [0.5, 0.6) is 0 Å². The third kappa shape index (κ3) is 18.7. The van der Waals surface area contributed by atoms with Crippen LogP contribution >= 0.6 is 11.3 Å². The number of hydrogen-bond acceptors (Lipinski definition) is 2. The van der Waals surface area contributed by atoms with Crippen LogP contribution in [0.3, 0.4) is 0 Å². The van der Waals surface area contributed by atoms with Crippen molar-refractivity contribution in [1.82, 2.24) is 4.98 Å². The van der Waals surface area contributed by atoms with Gasteiger partial charge in [-0.15, -0.1) is 17.9 Å². The number of allylic oxidation sites excluding steroid dienone is 1. The molecule has 0 unspecified atom stereocenters. The van der Waals surface area contributed by atoms with Crippen molar-refractivity contribution in [3.05, 3.63) is 88.4 Å². The number of aryl methyl sites for hydroxylation is 1. The van der Waals surface area contributed by atoms with Crippen LogP contribution < -0.4 is 0 Å². The molecule has 2 aromatic carbocycles. The summed E-state index contributed by atoms with van der Waals surface area (Å²) in [4.78, 5) is 5.89. The van der Waals surface area contributed by atoms with Crippen LogP contribution in [0.4, 0.5) is 0 Å². The van der Waals surface area contributed by atoms with Gasteiger partial charge in [-0.25, -0.2) is 4.98 Å². The highest BCUT2D eigenvalue weighted by atomic mass is 32.1. The van der Waals surface area contributed by atoms with Crippen molar-refractivity contribution in [2.45, 2.75) is 122 Å².